The van der Waals surface area contributed by atoms with Crippen molar-refractivity contribution in [1.82, 2.24) is 5.32 Å². The van der Waals surface area contributed by atoms with E-state index in [1.54, 1.807) is 19.1 Å². The van der Waals surface area contributed by atoms with Gasteiger partial charge in [0.1, 0.15) is 11.7 Å². The van der Waals surface area contributed by atoms with Crippen LogP contribution in [0.2, 0.25) is 0 Å². The Morgan fingerprint density at radius 2 is 2.15 bits per heavy atom. The van der Waals surface area contributed by atoms with Crippen LogP contribution in [0.3, 0.4) is 0 Å². The molecule has 1 aliphatic rings. The summed E-state index contributed by atoms with van der Waals surface area (Å²) in [6, 6.07) is 4.58. The molecule has 1 aromatic carbocycles. The van der Waals surface area contributed by atoms with Crippen molar-refractivity contribution >= 4 is 27.8 Å². The Balaban J connectivity index is 2.17. The molecule has 1 aliphatic carbocycles. The third kappa shape index (κ3) is 2.85. The Labute approximate surface area is 124 Å². The second-order valence-corrected chi connectivity index (χ2v) is 5.85. The fourth-order valence-electron chi connectivity index (χ4n) is 2.20. The number of amides is 1. The Morgan fingerprint density at radius 3 is 2.60 bits per heavy atom. The van der Waals surface area contributed by atoms with Crippen molar-refractivity contribution in [2.45, 2.75) is 31.7 Å². The van der Waals surface area contributed by atoms with Crippen LogP contribution in [-0.4, -0.2) is 17.0 Å². The van der Waals surface area contributed by atoms with E-state index in [1.807, 2.05) is 0 Å². The van der Waals surface area contributed by atoms with Crippen molar-refractivity contribution in [3.8, 4) is 0 Å². The highest BCUT2D eigenvalue weighted by Crippen LogP contribution is 2.46. The Bertz CT molecular complexity index is 557. The van der Waals surface area contributed by atoms with Crippen molar-refractivity contribution in [1.29, 1.82) is 0 Å². The average molecular weight is 344 g/mol. The number of rotatable bonds is 5. The highest BCUT2D eigenvalue weighted by atomic mass is 79.9. The first-order valence-corrected chi connectivity index (χ1v) is 7.19. The minimum atomic E-state index is -1.12. The summed E-state index contributed by atoms with van der Waals surface area (Å²) < 4.78 is 13.6. The number of aliphatic carboxylic acids is 1. The molecule has 2 rings (SSSR count). The zero-order valence-electron chi connectivity index (χ0n) is 11.0. The van der Waals surface area contributed by atoms with Gasteiger partial charge in [0.2, 0.25) is 5.91 Å². The van der Waals surface area contributed by atoms with Crippen LogP contribution in [0.15, 0.2) is 22.7 Å². The third-order valence-electron chi connectivity index (χ3n) is 3.61. The maximum absolute atomic E-state index is 13.2. The van der Waals surface area contributed by atoms with Gasteiger partial charge in [-0.05, 0) is 52.9 Å². The molecule has 0 bridgehead atoms. The zero-order valence-corrected chi connectivity index (χ0v) is 12.5. The monoisotopic (exact) mass is 343 g/mol. The summed E-state index contributed by atoms with van der Waals surface area (Å²) in [5.41, 5.74) is 0.246. The van der Waals surface area contributed by atoms with Gasteiger partial charge in [-0.25, -0.2) is 4.39 Å². The maximum atomic E-state index is 13.2. The molecule has 0 radical (unpaired) electrons. The summed E-state index contributed by atoms with van der Waals surface area (Å²) in [6.45, 7) is 1.66. The molecule has 20 heavy (non-hydrogen) atoms. The fraction of sp³-hybridized carbons (Fsp3) is 0.429. The molecule has 0 heterocycles. The normalized spacial score (nSPS) is 17.4. The lowest BCUT2D eigenvalue weighted by molar-refractivity contribution is -0.147. The van der Waals surface area contributed by atoms with E-state index in [1.165, 1.54) is 6.07 Å². The van der Waals surface area contributed by atoms with E-state index in [0.29, 0.717) is 4.47 Å². The van der Waals surface area contributed by atoms with Gasteiger partial charge < -0.3 is 10.4 Å². The number of carbonyl (C=O) groups is 2. The standard InChI is InChI=1S/C14H15BrFNO3/c1-2-9(13(19)20)12(18)17-14(5-6-14)8-3-4-11(16)10(15)7-8/h3-4,7,9H,2,5-6H2,1H3,(H,17,18)(H,19,20). The van der Waals surface area contributed by atoms with Crippen LogP contribution in [0, 0.1) is 11.7 Å². The number of carboxylic acid groups (broad SMARTS) is 1. The molecule has 6 heteroatoms. The molecule has 1 aromatic rings. The van der Waals surface area contributed by atoms with Gasteiger partial charge in [-0.3, -0.25) is 9.59 Å². The number of nitrogens with one attached hydrogen (secondary N) is 1. The molecular formula is C14H15BrFNO3. The first-order chi connectivity index (χ1) is 9.39. The molecule has 0 aromatic heterocycles. The fourth-order valence-corrected chi connectivity index (χ4v) is 2.58. The van der Waals surface area contributed by atoms with E-state index in [0.717, 1.165) is 18.4 Å². The molecule has 1 amide bonds. The quantitative estimate of drug-likeness (QED) is 0.808. The molecular weight excluding hydrogens is 329 g/mol. The van der Waals surface area contributed by atoms with Crippen LogP contribution in [0.5, 0.6) is 0 Å². The lowest BCUT2D eigenvalue weighted by Crippen LogP contribution is -2.41. The molecule has 0 aliphatic heterocycles. The molecule has 108 valence electrons. The van der Waals surface area contributed by atoms with Crippen LogP contribution in [0.1, 0.15) is 31.7 Å². The van der Waals surface area contributed by atoms with Gasteiger partial charge in [-0.1, -0.05) is 13.0 Å². The SMILES string of the molecule is CCC(C(=O)O)C(=O)NC1(c2ccc(F)c(Br)c2)CC1. The highest BCUT2D eigenvalue weighted by Gasteiger charge is 2.47. The topological polar surface area (TPSA) is 66.4 Å². The van der Waals surface area contributed by atoms with E-state index < -0.39 is 23.3 Å². The summed E-state index contributed by atoms with van der Waals surface area (Å²) in [4.78, 5) is 23.0. The molecule has 4 nitrogen and oxygen atoms in total. The maximum Gasteiger partial charge on any atom is 0.316 e. The molecule has 1 unspecified atom stereocenters. The molecule has 1 fully saturated rings. The van der Waals surface area contributed by atoms with Gasteiger partial charge in [0, 0.05) is 0 Å². The van der Waals surface area contributed by atoms with Gasteiger partial charge in [-0.2, -0.15) is 0 Å². The van der Waals surface area contributed by atoms with Gasteiger partial charge in [0.05, 0.1) is 10.0 Å². The van der Waals surface area contributed by atoms with E-state index in [-0.39, 0.29) is 12.2 Å². The average Bonchev–Trinajstić information content (AvgIpc) is 3.13. The molecule has 0 saturated heterocycles. The summed E-state index contributed by atoms with van der Waals surface area (Å²) in [6.07, 6.45) is 1.70. The largest absolute Gasteiger partial charge is 0.481 e. The van der Waals surface area contributed by atoms with Crippen molar-refractivity contribution in [2.75, 3.05) is 0 Å². The van der Waals surface area contributed by atoms with Crippen LogP contribution in [-0.2, 0) is 15.1 Å². The van der Waals surface area contributed by atoms with Crippen LogP contribution in [0.4, 0.5) is 4.39 Å². The van der Waals surface area contributed by atoms with Gasteiger partial charge >= 0.3 is 5.97 Å². The highest BCUT2D eigenvalue weighted by molar-refractivity contribution is 9.10. The van der Waals surface area contributed by atoms with Crippen molar-refractivity contribution in [2.24, 2.45) is 5.92 Å². The summed E-state index contributed by atoms with van der Waals surface area (Å²) in [5, 5.41) is 11.8. The number of carbonyl (C=O) groups excluding carboxylic acids is 1. The summed E-state index contributed by atoms with van der Waals surface area (Å²) in [5.74, 6) is -3.02. The van der Waals surface area contributed by atoms with Crippen molar-refractivity contribution in [3.63, 3.8) is 0 Å². The minimum absolute atomic E-state index is 0.240. The summed E-state index contributed by atoms with van der Waals surface area (Å²) >= 11 is 3.12. The van der Waals surface area contributed by atoms with E-state index in [2.05, 4.69) is 21.2 Å². The zero-order chi connectivity index (χ0) is 14.9. The number of hydrogen-bond donors (Lipinski definition) is 2. The third-order valence-corrected chi connectivity index (χ3v) is 4.22. The van der Waals surface area contributed by atoms with Crippen molar-refractivity contribution in [3.05, 3.63) is 34.1 Å². The van der Waals surface area contributed by atoms with E-state index in [4.69, 9.17) is 5.11 Å². The second kappa shape index (κ2) is 5.52. The first kappa shape index (κ1) is 15.0. The van der Waals surface area contributed by atoms with Crippen molar-refractivity contribution < 1.29 is 19.1 Å². The van der Waals surface area contributed by atoms with E-state index >= 15 is 0 Å². The molecule has 0 spiro atoms. The smallest absolute Gasteiger partial charge is 0.316 e. The van der Waals surface area contributed by atoms with Gasteiger partial charge in [0.15, 0.2) is 0 Å². The number of benzene rings is 1. The Hall–Kier alpha value is -1.43. The van der Waals surface area contributed by atoms with E-state index in [9.17, 15) is 14.0 Å². The minimum Gasteiger partial charge on any atom is -0.481 e. The molecule has 2 N–H and O–H groups in total. The molecule has 1 saturated carbocycles. The number of carboxylic acids is 1. The predicted molar refractivity (Wildman–Crippen MR) is 74.6 cm³/mol. The van der Waals surface area contributed by atoms with Gasteiger partial charge in [0.25, 0.3) is 0 Å². The van der Waals surface area contributed by atoms with Gasteiger partial charge in [-0.15, -0.1) is 0 Å². The van der Waals surface area contributed by atoms with Crippen LogP contribution in [0.25, 0.3) is 0 Å². The van der Waals surface area contributed by atoms with Crippen LogP contribution < -0.4 is 5.32 Å². The number of hydrogen-bond acceptors (Lipinski definition) is 2. The predicted octanol–water partition coefficient (Wildman–Crippen LogP) is 2.80. The lowest BCUT2D eigenvalue weighted by Gasteiger charge is -2.20. The first-order valence-electron chi connectivity index (χ1n) is 6.40. The Kier molecular flexibility index (Phi) is 4.13. The summed E-state index contributed by atoms with van der Waals surface area (Å²) in [7, 11) is 0. The number of halogens is 2. The lowest BCUT2D eigenvalue weighted by atomic mass is 10.0. The Morgan fingerprint density at radius 1 is 1.50 bits per heavy atom. The second-order valence-electron chi connectivity index (χ2n) is 5.00. The molecule has 1 atom stereocenters. The van der Waals surface area contributed by atoms with Crippen LogP contribution >= 0.6 is 15.9 Å².